The first-order valence-corrected chi connectivity index (χ1v) is 13.8. The summed E-state index contributed by atoms with van der Waals surface area (Å²) in [6.07, 6.45) is 3.08. The molecular formula is C23H27N5O5S2. The van der Waals surface area contributed by atoms with E-state index in [9.17, 15) is 21.6 Å². The molecule has 0 saturated carbocycles. The van der Waals surface area contributed by atoms with Gasteiger partial charge in [-0.3, -0.25) is 4.79 Å². The maximum Gasteiger partial charge on any atom is 0.264 e. The fourth-order valence-corrected chi connectivity index (χ4v) is 5.22. The van der Waals surface area contributed by atoms with Crippen molar-refractivity contribution in [1.29, 1.82) is 0 Å². The normalized spacial score (nSPS) is 11.9. The van der Waals surface area contributed by atoms with Crippen molar-refractivity contribution in [3.8, 4) is 0 Å². The lowest BCUT2D eigenvalue weighted by atomic mass is 10.2. The van der Waals surface area contributed by atoms with E-state index >= 15 is 0 Å². The average molecular weight is 518 g/mol. The molecule has 3 aromatic rings. The molecule has 3 rings (SSSR count). The molecule has 1 amide bonds. The third kappa shape index (κ3) is 6.62. The van der Waals surface area contributed by atoms with Gasteiger partial charge in [0.05, 0.1) is 9.79 Å². The first kappa shape index (κ1) is 26.3. The molecule has 1 heterocycles. The van der Waals surface area contributed by atoms with Crippen molar-refractivity contribution in [2.45, 2.75) is 36.5 Å². The number of carbonyl (C=O) groups excluding carboxylic acids is 1. The Morgan fingerprint density at radius 2 is 1.57 bits per heavy atom. The minimum atomic E-state index is -3.91. The molecule has 12 heteroatoms. The Morgan fingerprint density at radius 3 is 2.17 bits per heavy atom. The van der Waals surface area contributed by atoms with E-state index in [1.165, 1.54) is 66.1 Å². The number of hydrogen-bond donors (Lipinski definition) is 2. The number of aryl methyl sites for hydroxylation is 1. The SMILES string of the molecule is CCCCN(C)S(=O)(=O)c1ccc(C(=O)Nc2ccc(S(=O)(=O)Nc3nccc(C)n3)cc2)cc1. The minimum absolute atomic E-state index is 0.0256. The molecule has 0 unspecified atom stereocenters. The number of sulfonamides is 2. The van der Waals surface area contributed by atoms with E-state index in [4.69, 9.17) is 0 Å². The largest absolute Gasteiger partial charge is 0.322 e. The van der Waals surface area contributed by atoms with Crippen LogP contribution in [0.25, 0.3) is 0 Å². The maximum atomic E-state index is 12.6. The Balaban J connectivity index is 1.67. The molecule has 0 radical (unpaired) electrons. The van der Waals surface area contributed by atoms with Gasteiger partial charge in [-0.1, -0.05) is 13.3 Å². The summed E-state index contributed by atoms with van der Waals surface area (Å²) in [5.74, 6) is -0.500. The smallest absolute Gasteiger partial charge is 0.264 e. The Bertz CT molecular complexity index is 1390. The minimum Gasteiger partial charge on any atom is -0.322 e. The van der Waals surface area contributed by atoms with Crippen LogP contribution in [-0.4, -0.2) is 50.6 Å². The van der Waals surface area contributed by atoms with E-state index in [-0.39, 0.29) is 21.3 Å². The first-order chi connectivity index (χ1) is 16.5. The second-order valence-corrected chi connectivity index (χ2v) is 11.5. The molecule has 0 aliphatic heterocycles. The van der Waals surface area contributed by atoms with Crippen LogP contribution in [0.2, 0.25) is 0 Å². The first-order valence-electron chi connectivity index (χ1n) is 10.8. The van der Waals surface area contributed by atoms with Crippen LogP contribution in [-0.2, 0) is 20.0 Å². The lowest BCUT2D eigenvalue weighted by Crippen LogP contribution is -2.28. The molecule has 35 heavy (non-hydrogen) atoms. The van der Waals surface area contributed by atoms with Crippen LogP contribution in [0.1, 0.15) is 35.8 Å². The van der Waals surface area contributed by atoms with E-state index < -0.39 is 26.0 Å². The highest BCUT2D eigenvalue weighted by Gasteiger charge is 2.21. The van der Waals surface area contributed by atoms with Crippen LogP contribution in [0.4, 0.5) is 11.6 Å². The van der Waals surface area contributed by atoms with E-state index in [1.807, 2.05) is 6.92 Å². The van der Waals surface area contributed by atoms with Crippen molar-refractivity contribution >= 4 is 37.6 Å². The van der Waals surface area contributed by atoms with Gasteiger partial charge in [0.2, 0.25) is 16.0 Å². The quantitative estimate of drug-likeness (QED) is 0.421. The lowest BCUT2D eigenvalue weighted by Gasteiger charge is -2.17. The summed E-state index contributed by atoms with van der Waals surface area (Å²) in [5.41, 5.74) is 1.25. The molecule has 2 N–H and O–H groups in total. The Kier molecular flexibility index (Phi) is 8.20. The zero-order valence-corrected chi connectivity index (χ0v) is 21.2. The standard InChI is InChI=1S/C23H27N5O5S2/c1-4-5-16-28(3)35(32,33)21-10-6-18(7-11-21)22(29)26-19-8-12-20(13-9-19)34(30,31)27-23-24-15-14-17(2)25-23/h6-15H,4-5,16H2,1-3H3,(H,26,29)(H,24,25,27). The van der Waals surface area contributed by atoms with Crippen LogP contribution in [0.5, 0.6) is 0 Å². The second-order valence-electron chi connectivity index (χ2n) is 7.81. The van der Waals surface area contributed by atoms with Crippen LogP contribution >= 0.6 is 0 Å². The monoisotopic (exact) mass is 517 g/mol. The predicted octanol–water partition coefficient (Wildman–Crippen LogP) is 3.26. The van der Waals surface area contributed by atoms with Crippen molar-refractivity contribution in [3.63, 3.8) is 0 Å². The second kappa shape index (κ2) is 10.9. The van der Waals surface area contributed by atoms with Crippen molar-refractivity contribution in [2.75, 3.05) is 23.6 Å². The molecule has 1 aromatic heterocycles. The van der Waals surface area contributed by atoms with Gasteiger partial charge in [0.15, 0.2) is 0 Å². The van der Waals surface area contributed by atoms with Crippen LogP contribution in [0.15, 0.2) is 70.6 Å². The highest BCUT2D eigenvalue weighted by atomic mass is 32.2. The fraction of sp³-hybridized carbons (Fsp3) is 0.261. The van der Waals surface area contributed by atoms with Crippen LogP contribution in [0.3, 0.4) is 0 Å². The molecule has 2 aromatic carbocycles. The van der Waals surface area contributed by atoms with E-state index in [0.717, 1.165) is 12.8 Å². The molecule has 0 spiro atoms. The van der Waals surface area contributed by atoms with E-state index in [0.29, 0.717) is 17.9 Å². The number of nitrogens with zero attached hydrogens (tertiary/aromatic N) is 3. The summed E-state index contributed by atoms with van der Waals surface area (Å²) >= 11 is 0. The number of carbonyl (C=O) groups is 1. The van der Waals surface area contributed by atoms with Gasteiger partial charge in [-0.25, -0.2) is 35.8 Å². The molecule has 0 aliphatic carbocycles. The number of benzene rings is 2. The van der Waals surface area contributed by atoms with E-state index in [2.05, 4.69) is 20.0 Å². The molecule has 186 valence electrons. The summed E-state index contributed by atoms with van der Waals surface area (Å²) in [6.45, 7) is 4.12. The number of unbranched alkanes of at least 4 members (excludes halogenated alkanes) is 1. The lowest BCUT2D eigenvalue weighted by molar-refractivity contribution is 0.102. The molecule has 0 atom stereocenters. The number of nitrogens with one attached hydrogen (secondary N) is 2. The summed E-state index contributed by atoms with van der Waals surface area (Å²) in [6, 6.07) is 12.9. The summed E-state index contributed by atoms with van der Waals surface area (Å²) in [7, 11) is -6.01. The number of amides is 1. The summed E-state index contributed by atoms with van der Waals surface area (Å²) in [4.78, 5) is 20.6. The predicted molar refractivity (Wildman–Crippen MR) is 133 cm³/mol. The van der Waals surface area contributed by atoms with Gasteiger partial charge < -0.3 is 5.32 Å². The Morgan fingerprint density at radius 1 is 0.943 bits per heavy atom. The Labute approximate surface area is 205 Å². The van der Waals surface area contributed by atoms with Gasteiger partial charge in [0, 0.05) is 36.7 Å². The van der Waals surface area contributed by atoms with Crippen molar-refractivity contribution in [2.24, 2.45) is 0 Å². The number of rotatable bonds is 10. The molecule has 10 nitrogen and oxygen atoms in total. The molecule has 0 aliphatic rings. The van der Waals surface area contributed by atoms with Gasteiger partial charge in [-0.15, -0.1) is 0 Å². The number of anilines is 2. The third-order valence-corrected chi connectivity index (χ3v) is 8.31. The highest BCUT2D eigenvalue weighted by Crippen LogP contribution is 2.19. The van der Waals surface area contributed by atoms with Gasteiger partial charge in [0.1, 0.15) is 0 Å². The number of aromatic nitrogens is 2. The summed E-state index contributed by atoms with van der Waals surface area (Å²) < 4.78 is 53.9. The van der Waals surface area contributed by atoms with E-state index in [1.54, 1.807) is 13.0 Å². The molecule has 0 saturated heterocycles. The maximum absolute atomic E-state index is 12.6. The van der Waals surface area contributed by atoms with Crippen molar-refractivity contribution in [1.82, 2.24) is 14.3 Å². The summed E-state index contributed by atoms with van der Waals surface area (Å²) in [5, 5.41) is 2.66. The number of hydrogen-bond acceptors (Lipinski definition) is 7. The topological polar surface area (TPSA) is 138 Å². The molecule has 0 bridgehead atoms. The van der Waals surface area contributed by atoms with Gasteiger partial charge in [0.25, 0.3) is 15.9 Å². The van der Waals surface area contributed by atoms with Gasteiger partial charge in [-0.05, 0) is 67.9 Å². The highest BCUT2D eigenvalue weighted by molar-refractivity contribution is 7.92. The van der Waals surface area contributed by atoms with Gasteiger partial charge >= 0.3 is 0 Å². The third-order valence-electron chi connectivity index (χ3n) is 5.09. The zero-order valence-electron chi connectivity index (χ0n) is 19.6. The zero-order chi connectivity index (χ0) is 25.6. The fourth-order valence-electron chi connectivity index (χ4n) is 3.06. The molecular weight excluding hydrogens is 490 g/mol. The van der Waals surface area contributed by atoms with Crippen molar-refractivity contribution < 1.29 is 21.6 Å². The average Bonchev–Trinajstić information content (AvgIpc) is 2.82. The van der Waals surface area contributed by atoms with Crippen LogP contribution < -0.4 is 10.0 Å². The van der Waals surface area contributed by atoms with Crippen molar-refractivity contribution in [3.05, 3.63) is 72.1 Å². The van der Waals surface area contributed by atoms with Gasteiger partial charge in [-0.2, -0.15) is 0 Å². The molecule has 0 fully saturated rings. The van der Waals surface area contributed by atoms with Crippen LogP contribution in [0, 0.1) is 6.92 Å². The Hall–Kier alpha value is -3.35.